The zero-order valence-electron chi connectivity index (χ0n) is 13.4. The van der Waals surface area contributed by atoms with Crippen LogP contribution in [0.1, 0.15) is 16.1 Å². The summed E-state index contributed by atoms with van der Waals surface area (Å²) in [5.41, 5.74) is 1.31. The van der Waals surface area contributed by atoms with E-state index in [1.165, 1.54) is 18.3 Å². The van der Waals surface area contributed by atoms with Crippen molar-refractivity contribution in [1.29, 1.82) is 0 Å². The molecule has 0 spiro atoms. The minimum atomic E-state index is -1.22. The first-order valence-corrected chi connectivity index (χ1v) is 7.05. The van der Waals surface area contributed by atoms with Crippen LogP contribution in [-0.2, 0) is 20.1 Å². The summed E-state index contributed by atoms with van der Waals surface area (Å²) in [6.07, 6.45) is 2.89. The Bertz CT molecular complexity index is 907. The molecule has 0 fully saturated rings. The molecule has 0 atom stereocenters. The summed E-state index contributed by atoms with van der Waals surface area (Å²) in [6.45, 7) is 1.88. The summed E-state index contributed by atoms with van der Waals surface area (Å²) >= 11 is 0. The average Bonchev–Trinajstić information content (AvgIpc) is 2.55. The van der Waals surface area contributed by atoms with Gasteiger partial charge in [-0.15, -0.1) is 12.1 Å². The molecule has 0 aliphatic carbocycles. The normalized spacial score (nSPS) is 9.50. The number of hydrogen-bond donors (Lipinski definition) is 2. The van der Waals surface area contributed by atoms with E-state index in [4.69, 9.17) is 10.2 Å². The summed E-state index contributed by atoms with van der Waals surface area (Å²) in [4.78, 5) is 17.6. The Balaban J connectivity index is 0.000000270. The number of aryl methyl sites for hydroxylation is 1. The molecule has 2 aromatic heterocycles. The molecule has 0 saturated carbocycles. The van der Waals surface area contributed by atoms with E-state index in [9.17, 15) is 13.6 Å². The maximum Gasteiger partial charge on any atom is 0.358 e. The molecular formula is C18H13F2IrN2O3-. The topological polar surface area (TPSA) is 83.3 Å². The Labute approximate surface area is 161 Å². The second-order valence-corrected chi connectivity index (χ2v) is 4.94. The number of hydrogen-bond acceptors (Lipinski definition) is 4. The number of rotatable bonds is 2. The molecular weight excluding hydrogens is 522 g/mol. The molecule has 2 heterocycles. The molecule has 3 aromatic rings. The zero-order chi connectivity index (χ0) is 18.4. The van der Waals surface area contributed by atoms with E-state index in [0.717, 1.165) is 17.7 Å². The average molecular weight is 536 g/mol. The number of aromatic nitrogens is 2. The third kappa shape index (κ3) is 5.68. The second kappa shape index (κ2) is 9.70. The molecule has 5 nitrogen and oxygen atoms in total. The molecule has 0 aliphatic heterocycles. The molecule has 8 heteroatoms. The molecule has 137 valence electrons. The SMILES string of the molecule is Cc1ccnc(-c2[c-]cc(F)cc2F)c1.O=C(O)c1ncccc1O.[Ir]. The largest absolute Gasteiger partial charge is 0.505 e. The van der Waals surface area contributed by atoms with E-state index in [0.29, 0.717) is 5.69 Å². The van der Waals surface area contributed by atoms with Crippen LogP contribution in [0, 0.1) is 24.6 Å². The van der Waals surface area contributed by atoms with E-state index in [1.54, 1.807) is 12.3 Å². The van der Waals surface area contributed by atoms with Crippen LogP contribution in [0.3, 0.4) is 0 Å². The van der Waals surface area contributed by atoms with Gasteiger partial charge in [0.25, 0.3) is 0 Å². The molecule has 0 unspecified atom stereocenters. The van der Waals surface area contributed by atoms with Gasteiger partial charge in [0.2, 0.25) is 0 Å². The number of benzene rings is 1. The van der Waals surface area contributed by atoms with Crippen molar-refractivity contribution in [1.82, 2.24) is 9.97 Å². The minimum absolute atomic E-state index is 0. The Morgan fingerprint density at radius 1 is 1.15 bits per heavy atom. The number of carboxylic acid groups (broad SMARTS) is 1. The zero-order valence-corrected chi connectivity index (χ0v) is 15.8. The van der Waals surface area contributed by atoms with E-state index in [-0.39, 0.29) is 37.1 Å². The predicted molar refractivity (Wildman–Crippen MR) is 86.0 cm³/mol. The van der Waals surface area contributed by atoms with Crippen LogP contribution < -0.4 is 0 Å². The fraction of sp³-hybridized carbons (Fsp3) is 0.0556. The predicted octanol–water partition coefficient (Wildman–Crippen LogP) is 3.62. The number of carboxylic acids is 1. The maximum absolute atomic E-state index is 13.4. The van der Waals surface area contributed by atoms with Gasteiger partial charge in [-0.1, -0.05) is 23.3 Å². The van der Waals surface area contributed by atoms with E-state index < -0.39 is 17.6 Å². The Morgan fingerprint density at radius 3 is 2.42 bits per heavy atom. The van der Waals surface area contributed by atoms with E-state index >= 15 is 0 Å². The number of pyridine rings is 2. The molecule has 1 aromatic carbocycles. The Kier molecular flexibility index (Phi) is 7.96. The summed E-state index contributed by atoms with van der Waals surface area (Å²) in [5, 5.41) is 17.2. The smallest absolute Gasteiger partial charge is 0.358 e. The van der Waals surface area contributed by atoms with Crippen molar-refractivity contribution >= 4 is 5.97 Å². The summed E-state index contributed by atoms with van der Waals surface area (Å²) in [5.74, 6) is -2.81. The van der Waals surface area contributed by atoms with Crippen molar-refractivity contribution in [2.24, 2.45) is 0 Å². The number of halogens is 2. The van der Waals surface area contributed by atoms with Crippen LogP contribution in [0.4, 0.5) is 8.78 Å². The van der Waals surface area contributed by atoms with Gasteiger partial charge in [-0.2, -0.15) is 0 Å². The summed E-state index contributed by atoms with van der Waals surface area (Å²) < 4.78 is 26.0. The first-order valence-electron chi connectivity index (χ1n) is 7.05. The van der Waals surface area contributed by atoms with Gasteiger partial charge in [0.05, 0.1) is 0 Å². The monoisotopic (exact) mass is 536 g/mol. The fourth-order valence-electron chi connectivity index (χ4n) is 1.88. The van der Waals surface area contributed by atoms with Gasteiger partial charge in [0, 0.05) is 44.1 Å². The molecule has 1 radical (unpaired) electrons. The molecule has 3 rings (SSSR count). The summed E-state index contributed by atoms with van der Waals surface area (Å²) in [6, 6.07) is 10.7. The third-order valence-corrected chi connectivity index (χ3v) is 3.02. The molecule has 0 saturated heterocycles. The van der Waals surface area contributed by atoms with Crippen molar-refractivity contribution in [3.63, 3.8) is 0 Å². The van der Waals surface area contributed by atoms with Crippen LogP contribution in [0.2, 0.25) is 0 Å². The molecule has 0 bridgehead atoms. The van der Waals surface area contributed by atoms with Crippen molar-refractivity contribution in [2.75, 3.05) is 0 Å². The van der Waals surface area contributed by atoms with Crippen molar-refractivity contribution in [2.45, 2.75) is 6.92 Å². The second-order valence-electron chi connectivity index (χ2n) is 4.94. The van der Waals surface area contributed by atoms with Crippen molar-refractivity contribution in [3.8, 4) is 17.0 Å². The van der Waals surface area contributed by atoms with Gasteiger partial charge >= 0.3 is 5.97 Å². The number of aromatic hydroxyl groups is 1. The van der Waals surface area contributed by atoms with Gasteiger partial charge in [-0.25, -0.2) is 9.78 Å². The van der Waals surface area contributed by atoms with E-state index in [2.05, 4.69) is 16.0 Å². The minimum Gasteiger partial charge on any atom is -0.505 e. The van der Waals surface area contributed by atoms with Crippen LogP contribution >= 0.6 is 0 Å². The van der Waals surface area contributed by atoms with Crippen LogP contribution in [-0.4, -0.2) is 26.2 Å². The van der Waals surface area contributed by atoms with Crippen molar-refractivity contribution in [3.05, 3.63) is 77.8 Å². The molecule has 26 heavy (non-hydrogen) atoms. The standard InChI is InChI=1S/C12H8F2N.C6H5NO3.Ir/c1-8-4-5-15-12(6-8)10-3-2-9(13)7-11(10)14;8-4-2-1-3-7-5(4)6(9)10;/h2,4-7H,1H3;1-3,8H,(H,9,10);/q-1;;. The first kappa shape index (κ1) is 21.3. The fourth-order valence-corrected chi connectivity index (χ4v) is 1.88. The maximum atomic E-state index is 13.4. The molecule has 0 aliphatic rings. The third-order valence-electron chi connectivity index (χ3n) is 3.02. The van der Waals surface area contributed by atoms with E-state index in [1.807, 2.05) is 13.0 Å². The quantitative estimate of drug-likeness (QED) is 0.490. The van der Waals surface area contributed by atoms with Crippen LogP contribution in [0.15, 0.2) is 48.8 Å². The van der Waals surface area contributed by atoms with Gasteiger partial charge < -0.3 is 15.2 Å². The van der Waals surface area contributed by atoms with Crippen molar-refractivity contribution < 1.29 is 43.9 Å². The number of carbonyl (C=O) groups is 1. The Morgan fingerprint density at radius 2 is 1.88 bits per heavy atom. The van der Waals surface area contributed by atoms with Gasteiger partial charge in [0.15, 0.2) is 5.69 Å². The van der Waals surface area contributed by atoms with Gasteiger partial charge in [-0.3, -0.25) is 8.78 Å². The Hall–Kier alpha value is -2.70. The van der Waals surface area contributed by atoms with Gasteiger partial charge in [0.1, 0.15) is 5.75 Å². The van der Waals surface area contributed by atoms with Gasteiger partial charge in [-0.05, 0) is 30.8 Å². The molecule has 2 N–H and O–H groups in total. The molecule has 0 amide bonds. The number of aromatic carboxylic acids is 1. The summed E-state index contributed by atoms with van der Waals surface area (Å²) in [7, 11) is 0. The van der Waals surface area contributed by atoms with Crippen LogP contribution in [0.25, 0.3) is 11.3 Å². The number of nitrogens with zero attached hydrogens (tertiary/aromatic N) is 2. The van der Waals surface area contributed by atoms with Crippen LogP contribution in [0.5, 0.6) is 5.75 Å². The first-order chi connectivity index (χ1) is 11.9.